The molecule has 49 heavy (non-hydrogen) atoms. The van der Waals surface area contributed by atoms with Gasteiger partial charge in [-0.2, -0.15) is 8.78 Å². The lowest BCUT2D eigenvalue weighted by Crippen LogP contribution is -2.34. The quantitative estimate of drug-likeness (QED) is 0.187. The predicted molar refractivity (Wildman–Crippen MR) is 187 cm³/mol. The molecule has 4 amide bonds. The number of nitrogens with two attached hydrogens (primary N) is 1. The van der Waals surface area contributed by atoms with Crippen LogP contribution >= 0.6 is 18.9 Å². The third-order valence-corrected chi connectivity index (χ3v) is 10.1. The SMILES string of the molecule is CC.CCN(CCC(=O)N1CCCC1)C(C)=O.NC(=O)c1cc2cc(C(F)(F)P(=O)(O)O)ccc2s1.O=CN1CCC(c2ccccc2)C1. The summed E-state index contributed by atoms with van der Waals surface area (Å²) in [6.07, 6.45) is 4.75. The highest BCUT2D eigenvalue weighted by molar-refractivity contribution is 7.52. The Balaban J connectivity index is 0.000000253. The topological polar surface area (TPSA) is 162 Å². The number of rotatable bonds is 9. The summed E-state index contributed by atoms with van der Waals surface area (Å²) in [5, 5.41) is 0.282. The third-order valence-electron chi connectivity index (χ3n) is 7.99. The number of benzene rings is 2. The summed E-state index contributed by atoms with van der Waals surface area (Å²) in [5.74, 6) is 0.0924. The number of hydrogen-bond donors (Lipinski definition) is 3. The zero-order chi connectivity index (χ0) is 36.8. The van der Waals surface area contributed by atoms with Gasteiger partial charge in [0.15, 0.2) is 0 Å². The minimum Gasteiger partial charge on any atom is -0.365 e. The molecule has 0 spiro atoms. The van der Waals surface area contributed by atoms with Crippen molar-refractivity contribution in [1.82, 2.24) is 14.7 Å². The highest BCUT2D eigenvalue weighted by Crippen LogP contribution is 2.59. The Labute approximate surface area is 290 Å². The maximum Gasteiger partial charge on any atom is 0.399 e. The summed E-state index contributed by atoms with van der Waals surface area (Å²) in [6, 6.07) is 14.8. The second-order valence-corrected chi connectivity index (χ2v) is 14.0. The molecule has 0 radical (unpaired) electrons. The summed E-state index contributed by atoms with van der Waals surface area (Å²) in [4.78, 5) is 67.2. The van der Waals surface area contributed by atoms with Crippen LogP contribution in [0.4, 0.5) is 8.78 Å². The van der Waals surface area contributed by atoms with Gasteiger partial charge in [0.1, 0.15) is 0 Å². The Hall–Kier alpha value is -3.71. The van der Waals surface area contributed by atoms with Crippen LogP contribution in [-0.4, -0.2) is 87.9 Å². The molecule has 3 heterocycles. The van der Waals surface area contributed by atoms with Crippen LogP contribution in [0, 0.1) is 0 Å². The van der Waals surface area contributed by atoms with Crippen LogP contribution in [-0.2, 0) is 24.6 Å². The van der Waals surface area contributed by atoms with Crippen molar-refractivity contribution in [2.24, 2.45) is 5.73 Å². The molecule has 0 bridgehead atoms. The second-order valence-electron chi connectivity index (χ2n) is 11.2. The van der Waals surface area contributed by atoms with Gasteiger partial charge in [-0.15, -0.1) is 11.3 Å². The number of alkyl halides is 2. The number of halogens is 2. The lowest BCUT2D eigenvalue weighted by Gasteiger charge is -2.21. The molecular weight excluding hydrogens is 677 g/mol. The molecule has 3 aromatic rings. The molecule has 1 atom stereocenters. The van der Waals surface area contributed by atoms with E-state index in [-0.39, 0.29) is 22.1 Å². The molecule has 2 aliphatic heterocycles. The van der Waals surface area contributed by atoms with Crippen LogP contribution in [0.2, 0.25) is 0 Å². The van der Waals surface area contributed by atoms with Crippen LogP contribution in [0.3, 0.4) is 0 Å². The molecule has 2 fully saturated rings. The smallest absolute Gasteiger partial charge is 0.365 e. The van der Waals surface area contributed by atoms with Gasteiger partial charge in [0, 0.05) is 68.8 Å². The number of amides is 4. The molecule has 1 aromatic heterocycles. The van der Waals surface area contributed by atoms with Gasteiger partial charge in [0.2, 0.25) is 18.2 Å². The van der Waals surface area contributed by atoms with Gasteiger partial charge in [-0.1, -0.05) is 50.2 Å². The largest absolute Gasteiger partial charge is 0.399 e. The van der Waals surface area contributed by atoms with Crippen LogP contribution in [0.1, 0.15) is 80.1 Å². The van der Waals surface area contributed by atoms with Gasteiger partial charge in [0.05, 0.1) is 4.88 Å². The number of likely N-dealkylation sites (tertiary alicyclic amines) is 2. The van der Waals surface area contributed by atoms with Gasteiger partial charge >= 0.3 is 13.3 Å². The molecule has 0 saturated carbocycles. The number of carbonyl (C=O) groups is 4. The minimum atomic E-state index is -5.60. The molecule has 4 N–H and O–H groups in total. The highest BCUT2D eigenvalue weighted by atomic mass is 32.1. The lowest BCUT2D eigenvalue weighted by molar-refractivity contribution is -0.132. The van der Waals surface area contributed by atoms with E-state index < -0.39 is 24.7 Å². The summed E-state index contributed by atoms with van der Waals surface area (Å²) >= 11 is 1.02. The number of primary amides is 1. The van der Waals surface area contributed by atoms with Gasteiger partial charge < -0.3 is 30.2 Å². The fourth-order valence-electron chi connectivity index (χ4n) is 5.29. The lowest BCUT2D eigenvalue weighted by atomic mass is 9.99. The van der Waals surface area contributed by atoms with Crippen molar-refractivity contribution in [2.45, 2.75) is 65.0 Å². The first-order valence-corrected chi connectivity index (χ1v) is 18.7. The third kappa shape index (κ3) is 12.0. The number of thiophene rings is 1. The second kappa shape index (κ2) is 19.5. The average molecular weight is 725 g/mol. The van der Waals surface area contributed by atoms with Crippen molar-refractivity contribution in [3.8, 4) is 0 Å². The maximum absolute atomic E-state index is 13.5. The molecule has 5 rings (SSSR count). The van der Waals surface area contributed by atoms with Crippen molar-refractivity contribution >= 4 is 53.2 Å². The number of nitrogens with zero attached hydrogens (tertiary/aromatic N) is 3. The zero-order valence-corrected chi connectivity index (χ0v) is 30.1. The zero-order valence-electron chi connectivity index (χ0n) is 28.4. The maximum atomic E-state index is 13.5. The van der Waals surface area contributed by atoms with Crippen molar-refractivity contribution < 1.29 is 42.3 Å². The van der Waals surface area contributed by atoms with Gasteiger partial charge in [-0.05, 0) is 55.3 Å². The van der Waals surface area contributed by atoms with E-state index in [0.717, 1.165) is 75.3 Å². The summed E-state index contributed by atoms with van der Waals surface area (Å²) in [7, 11) is -5.60. The molecule has 2 aliphatic rings. The minimum absolute atomic E-state index is 0.0479. The van der Waals surface area contributed by atoms with Crippen molar-refractivity contribution in [2.75, 3.05) is 39.3 Å². The Kier molecular flexibility index (Phi) is 16.5. The van der Waals surface area contributed by atoms with Crippen LogP contribution in [0.25, 0.3) is 10.1 Å². The number of fused-ring (bicyclic) bond motifs is 1. The van der Waals surface area contributed by atoms with E-state index >= 15 is 0 Å². The highest BCUT2D eigenvalue weighted by Gasteiger charge is 2.50. The Morgan fingerprint density at radius 3 is 2.20 bits per heavy atom. The van der Waals surface area contributed by atoms with Gasteiger partial charge in [0.25, 0.3) is 5.91 Å². The Morgan fingerprint density at radius 1 is 1.06 bits per heavy atom. The van der Waals surface area contributed by atoms with E-state index in [1.54, 1.807) is 11.8 Å². The summed E-state index contributed by atoms with van der Waals surface area (Å²) in [6.45, 7) is 12.3. The molecule has 270 valence electrons. The van der Waals surface area contributed by atoms with Gasteiger partial charge in [-0.25, -0.2) is 0 Å². The predicted octanol–water partition coefficient (Wildman–Crippen LogP) is 5.75. The molecule has 15 heteroatoms. The molecule has 1 unspecified atom stereocenters. The molecule has 11 nitrogen and oxygen atoms in total. The van der Waals surface area contributed by atoms with Gasteiger partial charge in [-0.3, -0.25) is 23.7 Å². The molecule has 2 saturated heterocycles. The van der Waals surface area contributed by atoms with Crippen molar-refractivity contribution in [3.05, 3.63) is 70.6 Å². The standard InChI is InChI=1S/C11H20N2O2.C11H13NO.C10H8F2NO4PS.C2H6/c1-3-12(10(2)14)9-6-11(15)13-7-4-5-8-13;13-9-12-7-6-11(8-12)10-4-2-1-3-5-10;11-10(12,18(15,16)17)6-1-2-7-5(3-6)4-8(19-7)9(13)14;1-2/h3-9H2,1-2H3;1-5,9,11H,6-8H2;1-4H,(H2,13,14)(H2,15,16,17);1-2H3. The van der Waals surface area contributed by atoms with Crippen LogP contribution in [0.15, 0.2) is 54.6 Å². The molecular formula is C34H47F2N4O7PS. The van der Waals surface area contributed by atoms with E-state index in [1.807, 2.05) is 36.6 Å². The first-order valence-electron chi connectivity index (χ1n) is 16.2. The van der Waals surface area contributed by atoms with Crippen molar-refractivity contribution in [1.29, 1.82) is 0 Å². The monoisotopic (exact) mass is 724 g/mol. The number of hydrogen-bond acceptors (Lipinski definition) is 6. The van der Waals surface area contributed by atoms with E-state index in [1.165, 1.54) is 17.7 Å². The summed E-state index contributed by atoms with van der Waals surface area (Å²) < 4.78 is 38.3. The summed E-state index contributed by atoms with van der Waals surface area (Å²) in [5.41, 5.74) is 1.35. The average Bonchev–Trinajstić information content (AvgIpc) is 3.87. The van der Waals surface area contributed by atoms with E-state index in [9.17, 15) is 32.5 Å². The van der Waals surface area contributed by atoms with E-state index in [2.05, 4.69) is 24.3 Å². The Bertz CT molecular complexity index is 1580. The van der Waals surface area contributed by atoms with Crippen LogP contribution < -0.4 is 5.73 Å². The first-order chi connectivity index (χ1) is 23.2. The van der Waals surface area contributed by atoms with Crippen molar-refractivity contribution in [3.63, 3.8) is 0 Å². The van der Waals surface area contributed by atoms with E-state index in [0.29, 0.717) is 30.1 Å². The Morgan fingerprint density at radius 2 is 1.69 bits per heavy atom. The van der Waals surface area contributed by atoms with E-state index in [4.69, 9.17) is 15.5 Å². The number of carbonyl (C=O) groups excluding carboxylic acids is 4. The van der Waals surface area contributed by atoms with Crippen LogP contribution in [0.5, 0.6) is 0 Å². The normalized spacial score (nSPS) is 15.6. The molecule has 2 aromatic carbocycles. The molecule has 0 aliphatic carbocycles. The fourth-order valence-corrected chi connectivity index (χ4v) is 6.66. The first kappa shape index (κ1) is 41.5. The fraction of sp³-hybridized carbons (Fsp3) is 0.471.